The van der Waals surface area contributed by atoms with E-state index in [1.54, 1.807) is 24.3 Å². The van der Waals surface area contributed by atoms with E-state index in [4.69, 9.17) is 11.6 Å². The normalized spacial score (nSPS) is 10.3. The number of benzene rings is 2. The van der Waals surface area contributed by atoms with Crippen molar-refractivity contribution in [3.63, 3.8) is 0 Å². The van der Waals surface area contributed by atoms with Crippen LogP contribution in [-0.2, 0) is 11.2 Å². The molecule has 0 atom stereocenters. The molecule has 0 aliphatic rings. The van der Waals surface area contributed by atoms with Crippen LogP contribution in [0.3, 0.4) is 0 Å². The summed E-state index contributed by atoms with van der Waals surface area (Å²) in [6, 6.07) is 14.4. The van der Waals surface area contributed by atoms with Crippen LogP contribution < -0.4 is 10.6 Å². The van der Waals surface area contributed by atoms with E-state index in [0.717, 1.165) is 18.4 Å². The number of hydrogen-bond acceptors (Lipinski definition) is 2. The zero-order chi connectivity index (χ0) is 18.1. The van der Waals surface area contributed by atoms with E-state index in [1.807, 2.05) is 24.3 Å². The molecule has 2 rings (SSSR count). The maximum absolute atomic E-state index is 12.1. The second-order valence-electron chi connectivity index (χ2n) is 5.83. The standard InChI is InChI=1S/C20H23ClN2O2/c1-2-3-14-22-20(25)16-8-11-17(12-9-16)23-19(24)13-10-15-6-4-5-7-18(15)21/h4-9,11-12H,2-3,10,13-14H2,1H3,(H,22,25)(H,23,24). The summed E-state index contributed by atoms with van der Waals surface area (Å²) in [7, 11) is 0. The van der Waals surface area contributed by atoms with E-state index in [-0.39, 0.29) is 11.8 Å². The van der Waals surface area contributed by atoms with Crippen LogP contribution in [0.2, 0.25) is 5.02 Å². The van der Waals surface area contributed by atoms with Gasteiger partial charge in [-0.25, -0.2) is 0 Å². The van der Waals surface area contributed by atoms with Crippen LogP contribution in [-0.4, -0.2) is 18.4 Å². The molecular weight excluding hydrogens is 336 g/mol. The summed E-state index contributed by atoms with van der Waals surface area (Å²) in [5.41, 5.74) is 2.22. The van der Waals surface area contributed by atoms with Crippen molar-refractivity contribution in [3.05, 3.63) is 64.7 Å². The molecule has 0 heterocycles. The third-order valence-corrected chi connectivity index (χ3v) is 4.19. The van der Waals surface area contributed by atoms with E-state index < -0.39 is 0 Å². The molecule has 2 aromatic carbocycles. The average Bonchev–Trinajstić information content (AvgIpc) is 2.62. The maximum Gasteiger partial charge on any atom is 0.251 e. The van der Waals surface area contributed by atoms with Crippen LogP contribution in [0.25, 0.3) is 0 Å². The molecule has 0 aromatic heterocycles. The quantitative estimate of drug-likeness (QED) is 0.685. The number of unbranched alkanes of at least 4 members (excludes halogenated alkanes) is 1. The molecule has 0 aliphatic heterocycles. The van der Waals surface area contributed by atoms with Gasteiger partial charge in [0.05, 0.1) is 0 Å². The number of aryl methyl sites for hydroxylation is 1. The van der Waals surface area contributed by atoms with Crippen molar-refractivity contribution >= 4 is 29.1 Å². The minimum absolute atomic E-state index is 0.0833. The van der Waals surface area contributed by atoms with Crippen molar-refractivity contribution < 1.29 is 9.59 Å². The minimum Gasteiger partial charge on any atom is -0.352 e. The molecule has 0 fully saturated rings. The molecule has 5 heteroatoms. The first-order chi connectivity index (χ1) is 12.1. The summed E-state index contributed by atoms with van der Waals surface area (Å²) >= 11 is 6.09. The summed E-state index contributed by atoms with van der Waals surface area (Å²) in [4.78, 5) is 24.0. The fourth-order valence-electron chi connectivity index (χ4n) is 2.36. The molecule has 2 aromatic rings. The van der Waals surface area contributed by atoms with E-state index in [9.17, 15) is 9.59 Å². The van der Waals surface area contributed by atoms with Gasteiger partial charge in [0.2, 0.25) is 5.91 Å². The Balaban J connectivity index is 1.83. The summed E-state index contributed by atoms with van der Waals surface area (Å²) in [5.74, 6) is -0.176. The molecule has 25 heavy (non-hydrogen) atoms. The summed E-state index contributed by atoms with van der Waals surface area (Å²) < 4.78 is 0. The largest absolute Gasteiger partial charge is 0.352 e. The van der Waals surface area contributed by atoms with Gasteiger partial charge in [0.25, 0.3) is 5.91 Å². The minimum atomic E-state index is -0.0925. The van der Waals surface area contributed by atoms with Crippen molar-refractivity contribution in [3.8, 4) is 0 Å². The number of amides is 2. The second-order valence-corrected chi connectivity index (χ2v) is 6.23. The van der Waals surface area contributed by atoms with Crippen molar-refractivity contribution in [1.29, 1.82) is 0 Å². The van der Waals surface area contributed by atoms with Gasteiger partial charge in [-0.05, 0) is 48.7 Å². The highest BCUT2D eigenvalue weighted by Gasteiger charge is 2.07. The van der Waals surface area contributed by atoms with Gasteiger partial charge < -0.3 is 10.6 Å². The molecule has 0 saturated heterocycles. The van der Waals surface area contributed by atoms with E-state index in [2.05, 4.69) is 17.6 Å². The third kappa shape index (κ3) is 6.24. The van der Waals surface area contributed by atoms with Gasteiger partial charge in [-0.15, -0.1) is 0 Å². The fourth-order valence-corrected chi connectivity index (χ4v) is 2.59. The smallest absolute Gasteiger partial charge is 0.251 e. The van der Waals surface area contributed by atoms with Crippen LogP contribution >= 0.6 is 11.6 Å². The first kappa shape index (κ1) is 19.0. The van der Waals surface area contributed by atoms with Crippen LogP contribution in [0.5, 0.6) is 0 Å². The van der Waals surface area contributed by atoms with Gasteiger partial charge in [-0.2, -0.15) is 0 Å². The number of halogens is 1. The van der Waals surface area contributed by atoms with Gasteiger partial charge in [-0.1, -0.05) is 43.1 Å². The number of rotatable bonds is 8. The Morgan fingerprint density at radius 2 is 1.76 bits per heavy atom. The highest BCUT2D eigenvalue weighted by atomic mass is 35.5. The summed E-state index contributed by atoms with van der Waals surface area (Å²) in [6.45, 7) is 2.76. The van der Waals surface area contributed by atoms with E-state index in [0.29, 0.717) is 35.7 Å². The fraction of sp³-hybridized carbons (Fsp3) is 0.300. The molecular formula is C20H23ClN2O2. The highest BCUT2D eigenvalue weighted by molar-refractivity contribution is 6.31. The predicted octanol–water partition coefficient (Wildman–Crippen LogP) is 4.44. The van der Waals surface area contributed by atoms with Crippen molar-refractivity contribution in [2.24, 2.45) is 0 Å². The number of anilines is 1. The van der Waals surface area contributed by atoms with Gasteiger partial charge >= 0.3 is 0 Å². The lowest BCUT2D eigenvalue weighted by molar-refractivity contribution is -0.116. The summed E-state index contributed by atoms with van der Waals surface area (Å²) in [6.07, 6.45) is 2.94. The average molecular weight is 359 g/mol. The van der Waals surface area contributed by atoms with Crippen LogP contribution in [0.4, 0.5) is 5.69 Å². The lowest BCUT2D eigenvalue weighted by atomic mass is 10.1. The molecule has 4 nitrogen and oxygen atoms in total. The van der Waals surface area contributed by atoms with Crippen molar-refractivity contribution in [2.75, 3.05) is 11.9 Å². The monoisotopic (exact) mass is 358 g/mol. The number of carbonyl (C=O) groups excluding carboxylic acids is 2. The number of nitrogens with one attached hydrogen (secondary N) is 2. The molecule has 2 N–H and O–H groups in total. The lowest BCUT2D eigenvalue weighted by Crippen LogP contribution is -2.24. The van der Waals surface area contributed by atoms with Gasteiger partial charge in [0, 0.05) is 29.2 Å². The molecule has 0 bridgehead atoms. The molecule has 0 aliphatic carbocycles. The lowest BCUT2D eigenvalue weighted by Gasteiger charge is -2.08. The Kier molecular flexibility index (Phi) is 7.48. The predicted molar refractivity (Wildman–Crippen MR) is 102 cm³/mol. The molecule has 0 radical (unpaired) electrons. The van der Waals surface area contributed by atoms with Crippen LogP contribution in [0, 0.1) is 0 Å². The maximum atomic E-state index is 12.1. The summed E-state index contributed by atoms with van der Waals surface area (Å²) in [5, 5.41) is 6.38. The van der Waals surface area contributed by atoms with Crippen molar-refractivity contribution in [1.82, 2.24) is 5.32 Å². The van der Waals surface area contributed by atoms with Crippen LogP contribution in [0.1, 0.15) is 42.1 Å². The third-order valence-electron chi connectivity index (χ3n) is 3.83. The number of carbonyl (C=O) groups is 2. The molecule has 2 amide bonds. The Morgan fingerprint density at radius 3 is 2.44 bits per heavy atom. The van der Waals surface area contributed by atoms with E-state index in [1.165, 1.54) is 0 Å². The van der Waals surface area contributed by atoms with Gasteiger partial charge in [-0.3, -0.25) is 9.59 Å². The second kappa shape index (κ2) is 9.84. The first-order valence-electron chi connectivity index (χ1n) is 8.51. The number of hydrogen-bond donors (Lipinski definition) is 2. The zero-order valence-electron chi connectivity index (χ0n) is 14.3. The van der Waals surface area contributed by atoms with Crippen LogP contribution in [0.15, 0.2) is 48.5 Å². The SMILES string of the molecule is CCCCNC(=O)c1ccc(NC(=O)CCc2ccccc2Cl)cc1. The molecule has 0 spiro atoms. The Bertz CT molecular complexity index is 714. The highest BCUT2D eigenvalue weighted by Crippen LogP contribution is 2.17. The molecule has 0 saturated carbocycles. The zero-order valence-corrected chi connectivity index (χ0v) is 15.1. The van der Waals surface area contributed by atoms with E-state index >= 15 is 0 Å². The Labute approximate surface area is 153 Å². The molecule has 0 unspecified atom stereocenters. The van der Waals surface area contributed by atoms with Gasteiger partial charge in [0.1, 0.15) is 0 Å². The molecule has 132 valence electrons. The topological polar surface area (TPSA) is 58.2 Å². The first-order valence-corrected chi connectivity index (χ1v) is 8.89. The Hall–Kier alpha value is -2.33. The van der Waals surface area contributed by atoms with Crippen molar-refractivity contribution in [2.45, 2.75) is 32.6 Å². The van der Waals surface area contributed by atoms with Gasteiger partial charge in [0.15, 0.2) is 0 Å². The Morgan fingerprint density at radius 1 is 1.04 bits per heavy atom.